The van der Waals surface area contributed by atoms with E-state index in [1.807, 2.05) is 6.92 Å². The molecule has 0 aromatic heterocycles. The molecule has 0 unspecified atom stereocenters. The molecule has 4 rings (SSSR count). The summed E-state index contributed by atoms with van der Waals surface area (Å²) in [6, 6.07) is 9.90. The number of nitrogens with one attached hydrogen (secondary N) is 1. The summed E-state index contributed by atoms with van der Waals surface area (Å²) < 4.78 is 18.7. The van der Waals surface area contributed by atoms with Gasteiger partial charge in [-0.2, -0.15) is 5.11 Å². The van der Waals surface area contributed by atoms with Gasteiger partial charge in [0.05, 0.1) is 18.0 Å². The lowest BCUT2D eigenvalue weighted by Crippen LogP contribution is -2.43. The number of carbonyl (C=O) groups is 3. The van der Waals surface area contributed by atoms with Crippen molar-refractivity contribution < 1.29 is 23.5 Å². The van der Waals surface area contributed by atoms with Gasteiger partial charge < -0.3 is 10.1 Å². The van der Waals surface area contributed by atoms with Gasteiger partial charge in [0.15, 0.2) is 12.1 Å². The highest BCUT2D eigenvalue weighted by Gasteiger charge is 2.55. The number of nitrogens with zero attached hydrogens (tertiary/aromatic N) is 4. The summed E-state index contributed by atoms with van der Waals surface area (Å²) in [4.78, 5) is 39.0. The largest absolute Gasteiger partial charge is 0.492 e. The van der Waals surface area contributed by atoms with Gasteiger partial charge in [-0.1, -0.05) is 17.4 Å². The Labute approximate surface area is 171 Å². The van der Waals surface area contributed by atoms with Crippen molar-refractivity contribution in [1.82, 2.24) is 5.01 Å². The lowest BCUT2D eigenvalue weighted by molar-refractivity contribution is -0.123. The minimum Gasteiger partial charge on any atom is -0.492 e. The fraction of sp³-hybridized carbons (Fsp3) is 0.250. The van der Waals surface area contributed by atoms with Crippen molar-refractivity contribution in [3.63, 3.8) is 0 Å². The molecule has 0 radical (unpaired) electrons. The van der Waals surface area contributed by atoms with E-state index in [0.29, 0.717) is 18.0 Å². The lowest BCUT2D eigenvalue weighted by atomic mass is 10.1. The lowest BCUT2D eigenvalue weighted by Gasteiger charge is -2.20. The van der Waals surface area contributed by atoms with Gasteiger partial charge in [0, 0.05) is 0 Å². The van der Waals surface area contributed by atoms with Crippen molar-refractivity contribution >= 4 is 29.1 Å². The van der Waals surface area contributed by atoms with Crippen molar-refractivity contribution in [3.8, 4) is 5.75 Å². The third kappa shape index (κ3) is 3.47. The molecule has 0 aliphatic carbocycles. The molecular formula is C20H18FN5O4. The maximum absolute atomic E-state index is 13.2. The van der Waals surface area contributed by atoms with Crippen LogP contribution in [0.15, 0.2) is 58.9 Å². The summed E-state index contributed by atoms with van der Waals surface area (Å²) in [5, 5.41) is 11.6. The number of fused-ring (bicyclic) bond motifs is 1. The quantitative estimate of drug-likeness (QED) is 0.734. The molecule has 2 aliphatic rings. The fourth-order valence-corrected chi connectivity index (χ4v) is 3.39. The van der Waals surface area contributed by atoms with E-state index < -0.39 is 35.6 Å². The number of halogens is 1. The molecule has 9 nitrogen and oxygen atoms in total. The summed E-state index contributed by atoms with van der Waals surface area (Å²) in [6.07, 6.45) is 0. The zero-order valence-corrected chi connectivity index (χ0v) is 16.0. The van der Waals surface area contributed by atoms with Crippen LogP contribution in [-0.4, -0.2) is 48.0 Å². The van der Waals surface area contributed by atoms with Crippen molar-refractivity contribution in [3.05, 3.63) is 54.3 Å². The van der Waals surface area contributed by atoms with Crippen molar-refractivity contribution in [2.24, 2.45) is 10.3 Å². The highest BCUT2D eigenvalue weighted by Crippen LogP contribution is 2.32. The molecule has 0 spiro atoms. The number of para-hydroxylation sites is 2. The Hall–Kier alpha value is -3.82. The molecule has 1 N–H and O–H groups in total. The van der Waals surface area contributed by atoms with Gasteiger partial charge in [-0.05, 0) is 43.3 Å². The van der Waals surface area contributed by atoms with E-state index in [4.69, 9.17) is 4.74 Å². The van der Waals surface area contributed by atoms with Gasteiger partial charge in [0.25, 0.3) is 11.8 Å². The van der Waals surface area contributed by atoms with Gasteiger partial charge >= 0.3 is 0 Å². The predicted octanol–water partition coefficient (Wildman–Crippen LogP) is 2.16. The molecule has 2 aromatic carbocycles. The first-order chi connectivity index (χ1) is 14.5. The van der Waals surface area contributed by atoms with E-state index in [-0.39, 0.29) is 12.2 Å². The van der Waals surface area contributed by atoms with Crippen LogP contribution in [0.1, 0.15) is 6.92 Å². The average molecular weight is 411 g/mol. The van der Waals surface area contributed by atoms with E-state index in [1.165, 1.54) is 17.1 Å². The third-order valence-corrected chi connectivity index (χ3v) is 4.71. The molecule has 154 valence electrons. The zero-order chi connectivity index (χ0) is 21.3. The summed E-state index contributed by atoms with van der Waals surface area (Å²) in [6.45, 7) is 1.99. The normalized spacial score (nSPS) is 19.9. The fourth-order valence-electron chi connectivity index (χ4n) is 3.39. The molecule has 1 saturated heterocycles. The number of hydrogen-bond donors (Lipinski definition) is 1. The van der Waals surface area contributed by atoms with Crippen LogP contribution in [0.2, 0.25) is 0 Å². The highest BCUT2D eigenvalue weighted by atomic mass is 19.1. The van der Waals surface area contributed by atoms with Crippen molar-refractivity contribution in [1.29, 1.82) is 0 Å². The first-order valence-corrected chi connectivity index (χ1v) is 9.32. The maximum Gasteiger partial charge on any atom is 0.263 e. The number of hydrogen-bond acceptors (Lipinski definition) is 7. The van der Waals surface area contributed by atoms with Crippen molar-refractivity contribution in [2.75, 3.05) is 23.4 Å². The number of anilines is 2. The van der Waals surface area contributed by atoms with E-state index >= 15 is 0 Å². The number of amides is 3. The molecule has 1 fully saturated rings. The number of carbonyl (C=O) groups excluding carboxylic acids is 3. The van der Waals surface area contributed by atoms with Crippen LogP contribution in [0.4, 0.5) is 15.8 Å². The first-order valence-electron chi connectivity index (χ1n) is 9.32. The molecule has 2 aliphatic heterocycles. The van der Waals surface area contributed by atoms with Gasteiger partial charge in [-0.3, -0.25) is 19.4 Å². The molecule has 2 aromatic rings. The van der Waals surface area contributed by atoms with Crippen LogP contribution < -0.4 is 15.0 Å². The van der Waals surface area contributed by atoms with Crippen LogP contribution >= 0.6 is 0 Å². The minimum atomic E-state index is -1.04. The first kappa shape index (κ1) is 19.5. The Balaban J connectivity index is 1.48. The zero-order valence-electron chi connectivity index (χ0n) is 16.0. The Morgan fingerprint density at radius 3 is 2.60 bits per heavy atom. The summed E-state index contributed by atoms with van der Waals surface area (Å²) in [7, 11) is 0. The minimum absolute atomic E-state index is 0.242. The Morgan fingerprint density at radius 1 is 1.13 bits per heavy atom. The monoisotopic (exact) mass is 411 g/mol. The van der Waals surface area contributed by atoms with Crippen LogP contribution in [0.5, 0.6) is 5.75 Å². The van der Waals surface area contributed by atoms with E-state index in [2.05, 4.69) is 15.7 Å². The Morgan fingerprint density at radius 2 is 1.87 bits per heavy atom. The topological polar surface area (TPSA) is 104 Å². The molecule has 2 atom stereocenters. The standard InChI is InChI=1S/C20H18FN5O4/c1-2-30-15-6-4-3-5-14(15)22-16(27)11-25-18-17(23-24-25)19(28)26(20(18)29)13-9-7-12(21)8-10-13/h3-10,17-18H,2,11H2,1H3,(H,22,27)/t17-,18-/m0/s1. The Kier molecular flexibility index (Phi) is 5.13. The van der Waals surface area contributed by atoms with E-state index in [0.717, 1.165) is 17.0 Å². The van der Waals surface area contributed by atoms with Crippen molar-refractivity contribution in [2.45, 2.75) is 19.0 Å². The van der Waals surface area contributed by atoms with Gasteiger partial charge in [-0.15, -0.1) is 0 Å². The molecular weight excluding hydrogens is 393 g/mol. The van der Waals surface area contributed by atoms with E-state index in [9.17, 15) is 18.8 Å². The van der Waals surface area contributed by atoms with E-state index in [1.54, 1.807) is 24.3 Å². The molecule has 3 amide bonds. The molecule has 30 heavy (non-hydrogen) atoms. The molecule has 0 bridgehead atoms. The van der Waals surface area contributed by atoms with Gasteiger partial charge in [0.2, 0.25) is 5.91 Å². The Bertz CT molecular complexity index is 1030. The summed E-state index contributed by atoms with van der Waals surface area (Å²) >= 11 is 0. The predicted molar refractivity (Wildman–Crippen MR) is 104 cm³/mol. The van der Waals surface area contributed by atoms with Gasteiger partial charge in [0.1, 0.15) is 18.1 Å². The smallest absolute Gasteiger partial charge is 0.263 e. The van der Waals surface area contributed by atoms with Gasteiger partial charge in [-0.25, -0.2) is 9.29 Å². The molecule has 0 saturated carbocycles. The SMILES string of the molecule is CCOc1ccccc1NC(=O)CN1N=N[C@@H]2C(=O)N(c3ccc(F)cc3)C(=O)[C@H]21. The third-order valence-electron chi connectivity index (χ3n) is 4.71. The second-order valence-electron chi connectivity index (χ2n) is 6.66. The number of ether oxygens (including phenoxy) is 1. The van der Waals surface area contributed by atoms with Crippen LogP contribution in [0, 0.1) is 5.82 Å². The second kappa shape index (κ2) is 7.90. The highest BCUT2D eigenvalue weighted by molar-refractivity contribution is 6.25. The van der Waals surface area contributed by atoms with Crippen LogP contribution in [0.25, 0.3) is 0 Å². The number of rotatable bonds is 6. The summed E-state index contributed by atoms with van der Waals surface area (Å²) in [5.74, 6) is -1.54. The molecule has 10 heteroatoms. The average Bonchev–Trinajstić information content (AvgIpc) is 3.24. The number of benzene rings is 2. The second-order valence-corrected chi connectivity index (χ2v) is 6.66. The number of imide groups is 1. The maximum atomic E-state index is 13.2. The summed E-state index contributed by atoms with van der Waals surface area (Å²) in [5.41, 5.74) is 0.727. The van der Waals surface area contributed by atoms with Crippen LogP contribution in [-0.2, 0) is 14.4 Å². The molecule has 2 heterocycles. The van der Waals surface area contributed by atoms with Crippen LogP contribution in [0.3, 0.4) is 0 Å².